The van der Waals surface area contributed by atoms with Crippen LogP contribution >= 0.6 is 23.1 Å². The van der Waals surface area contributed by atoms with Crippen molar-refractivity contribution >= 4 is 63.0 Å². The van der Waals surface area contributed by atoms with E-state index in [0.717, 1.165) is 46.0 Å². The normalized spacial score (nSPS) is 19.4. The Labute approximate surface area is 261 Å². The molecule has 0 spiro atoms. The first-order valence-corrected chi connectivity index (χ1v) is 15.4. The average molecular weight is 647 g/mol. The Balaban J connectivity index is 1.27. The second kappa shape index (κ2) is 11.0. The molecule has 8 nitrogen and oxygen atoms in total. The van der Waals surface area contributed by atoms with Gasteiger partial charge in [-0.3, -0.25) is 28.7 Å². The number of carbonyl (C=O) groups excluding carboxylic acids is 3. The molecule has 2 aliphatic heterocycles. The molecule has 45 heavy (non-hydrogen) atoms. The van der Waals surface area contributed by atoms with Crippen molar-refractivity contribution in [2.75, 3.05) is 10.2 Å². The lowest BCUT2D eigenvalue weighted by Gasteiger charge is -2.30. The SMILES string of the molecule is O=C(Cn1c2c(sc1=O)[C@@H](c1cccnc1)[C@@H]1C(=O)N(c3ccccc3C(F)(F)F)C(=O)[C@@H]1S2)Nc1ccc2ccccc2c1. The van der Waals surface area contributed by atoms with E-state index in [9.17, 15) is 32.3 Å². The third-order valence-corrected chi connectivity index (χ3v) is 10.5. The average Bonchev–Trinajstić information content (AvgIpc) is 3.47. The van der Waals surface area contributed by atoms with Gasteiger partial charge in [0.25, 0.3) is 0 Å². The van der Waals surface area contributed by atoms with E-state index in [1.165, 1.54) is 29.1 Å². The summed E-state index contributed by atoms with van der Waals surface area (Å²) in [5.41, 5.74) is -0.594. The summed E-state index contributed by atoms with van der Waals surface area (Å²) in [6, 6.07) is 20.9. The molecule has 4 heterocycles. The van der Waals surface area contributed by atoms with Crippen LogP contribution in [0.15, 0.2) is 101 Å². The number of nitrogens with zero attached hydrogens (tertiary/aromatic N) is 3. The highest BCUT2D eigenvalue weighted by Gasteiger charge is 2.57. The molecule has 13 heteroatoms. The third-order valence-electron chi connectivity index (χ3n) is 7.88. The number of hydrogen-bond donors (Lipinski definition) is 1. The van der Waals surface area contributed by atoms with Gasteiger partial charge in [-0.2, -0.15) is 13.2 Å². The highest BCUT2D eigenvalue weighted by atomic mass is 32.2. The number of carbonyl (C=O) groups is 3. The fourth-order valence-electron chi connectivity index (χ4n) is 5.93. The summed E-state index contributed by atoms with van der Waals surface area (Å²) in [7, 11) is 0. The van der Waals surface area contributed by atoms with E-state index in [1.54, 1.807) is 18.2 Å². The molecular weight excluding hydrogens is 626 g/mol. The molecule has 1 saturated heterocycles. The van der Waals surface area contributed by atoms with Crippen LogP contribution in [0, 0.1) is 5.92 Å². The Bertz CT molecular complexity index is 2060. The zero-order valence-corrected chi connectivity index (χ0v) is 24.7. The Hall–Kier alpha value is -4.75. The van der Waals surface area contributed by atoms with Crippen LogP contribution in [-0.4, -0.2) is 32.5 Å². The second-order valence-electron chi connectivity index (χ2n) is 10.6. The van der Waals surface area contributed by atoms with E-state index in [1.807, 2.05) is 36.4 Å². The van der Waals surface area contributed by atoms with Crippen LogP contribution in [0.25, 0.3) is 10.8 Å². The number of nitrogens with one attached hydrogen (secondary N) is 1. The summed E-state index contributed by atoms with van der Waals surface area (Å²) in [6.07, 6.45) is -1.78. The minimum atomic E-state index is -4.81. The van der Waals surface area contributed by atoms with Crippen LogP contribution in [0.3, 0.4) is 0 Å². The lowest BCUT2D eigenvalue weighted by Crippen LogP contribution is -2.33. The number of hydrogen-bond acceptors (Lipinski definition) is 7. The summed E-state index contributed by atoms with van der Waals surface area (Å²) >= 11 is 1.77. The number of rotatable bonds is 5. The topological polar surface area (TPSA) is 101 Å². The molecule has 226 valence electrons. The van der Waals surface area contributed by atoms with Crippen LogP contribution in [0.5, 0.6) is 0 Å². The molecule has 0 unspecified atom stereocenters. The molecular formula is C32H21F3N4O4S2. The fraction of sp³-hybridized carbons (Fsp3) is 0.156. The molecule has 0 bridgehead atoms. The molecule has 0 aliphatic carbocycles. The van der Waals surface area contributed by atoms with Gasteiger partial charge in [-0.25, -0.2) is 4.90 Å². The number of halogens is 3. The molecule has 1 fully saturated rings. The zero-order valence-electron chi connectivity index (χ0n) is 23.0. The molecule has 5 aromatic rings. The summed E-state index contributed by atoms with van der Waals surface area (Å²) in [6.45, 7) is -0.371. The first kappa shape index (κ1) is 29.0. The van der Waals surface area contributed by atoms with Crippen LogP contribution < -0.4 is 15.1 Å². The van der Waals surface area contributed by atoms with E-state index in [4.69, 9.17) is 0 Å². The van der Waals surface area contributed by atoms with E-state index < -0.39 is 57.1 Å². The van der Waals surface area contributed by atoms with Crippen molar-refractivity contribution in [1.29, 1.82) is 0 Å². The number of thiazole rings is 1. The summed E-state index contributed by atoms with van der Waals surface area (Å²) in [5.74, 6) is -4.05. The number of amides is 3. The van der Waals surface area contributed by atoms with E-state index in [0.29, 0.717) is 26.1 Å². The zero-order chi connectivity index (χ0) is 31.5. The molecule has 1 N–H and O–H groups in total. The van der Waals surface area contributed by atoms with Gasteiger partial charge in [-0.05, 0) is 46.7 Å². The van der Waals surface area contributed by atoms with Gasteiger partial charge in [-0.1, -0.05) is 71.6 Å². The number of thioether (sulfide) groups is 1. The highest BCUT2D eigenvalue weighted by molar-refractivity contribution is 8.00. The number of para-hydroxylation sites is 1. The molecule has 7 rings (SSSR count). The number of alkyl halides is 3. The third kappa shape index (κ3) is 5.01. The minimum Gasteiger partial charge on any atom is -0.325 e. The van der Waals surface area contributed by atoms with Crippen LogP contribution in [0.4, 0.5) is 24.5 Å². The van der Waals surface area contributed by atoms with Crippen LogP contribution in [0.1, 0.15) is 21.9 Å². The highest BCUT2D eigenvalue weighted by Crippen LogP contribution is 2.54. The fourth-order valence-corrected chi connectivity index (χ4v) is 8.70. The predicted molar refractivity (Wildman–Crippen MR) is 164 cm³/mol. The maximum atomic E-state index is 13.9. The van der Waals surface area contributed by atoms with Gasteiger partial charge in [0.1, 0.15) is 11.8 Å². The van der Waals surface area contributed by atoms with Crippen molar-refractivity contribution < 1.29 is 27.6 Å². The largest absolute Gasteiger partial charge is 0.418 e. The summed E-state index contributed by atoms with van der Waals surface area (Å²) < 4.78 is 43.1. The van der Waals surface area contributed by atoms with Crippen molar-refractivity contribution in [3.8, 4) is 0 Å². The lowest BCUT2D eigenvalue weighted by molar-refractivity contribution is -0.137. The molecule has 2 aromatic heterocycles. The van der Waals surface area contributed by atoms with Gasteiger partial charge in [0.15, 0.2) is 0 Å². The minimum absolute atomic E-state index is 0.320. The van der Waals surface area contributed by atoms with Crippen molar-refractivity contribution in [2.24, 2.45) is 5.92 Å². The Morgan fingerprint density at radius 2 is 1.67 bits per heavy atom. The molecule has 2 aliphatic rings. The number of aromatic nitrogens is 2. The van der Waals surface area contributed by atoms with Crippen molar-refractivity contribution in [3.63, 3.8) is 0 Å². The maximum absolute atomic E-state index is 13.9. The predicted octanol–water partition coefficient (Wildman–Crippen LogP) is 5.91. The van der Waals surface area contributed by atoms with Gasteiger partial charge < -0.3 is 5.32 Å². The number of fused-ring (bicyclic) bond motifs is 3. The Kier molecular flexibility index (Phi) is 7.09. The lowest BCUT2D eigenvalue weighted by atomic mass is 9.84. The number of imide groups is 1. The van der Waals surface area contributed by atoms with Crippen molar-refractivity contribution in [1.82, 2.24) is 9.55 Å². The number of anilines is 2. The molecule has 3 amide bonds. The van der Waals surface area contributed by atoms with Crippen molar-refractivity contribution in [3.05, 3.63) is 117 Å². The number of pyridine rings is 1. The van der Waals surface area contributed by atoms with Crippen molar-refractivity contribution in [2.45, 2.75) is 28.9 Å². The quantitative estimate of drug-likeness (QED) is 0.238. The Morgan fingerprint density at radius 3 is 2.42 bits per heavy atom. The molecule has 3 atom stereocenters. The van der Waals surface area contributed by atoms with E-state index in [-0.39, 0.29) is 6.54 Å². The second-order valence-corrected chi connectivity index (χ2v) is 12.7. The van der Waals surface area contributed by atoms with E-state index >= 15 is 0 Å². The smallest absolute Gasteiger partial charge is 0.325 e. The Morgan fingerprint density at radius 1 is 0.911 bits per heavy atom. The monoisotopic (exact) mass is 646 g/mol. The van der Waals surface area contributed by atoms with E-state index in [2.05, 4.69) is 10.3 Å². The van der Waals surface area contributed by atoms with Gasteiger partial charge in [0.05, 0.1) is 22.2 Å². The molecule has 0 saturated carbocycles. The summed E-state index contributed by atoms with van der Waals surface area (Å²) in [5, 5.41) is 3.91. The first-order chi connectivity index (χ1) is 21.6. The molecule has 0 radical (unpaired) electrons. The summed E-state index contributed by atoms with van der Waals surface area (Å²) in [4.78, 5) is 59.1. The van der Waals surface area contributed by atoms with Crippen LogP contribution in [0.2, 0.25) is 0 Å². The standard InChI is InChI=1S/C32H21F3N4O4S2/c33-32(34,35)21-9-3-4-10-22(21)39-28(41)25-24(19-8-5-13-36-15-19)27-30(44-26(25)29(39)42)38(31(43)45-27)16-23(40)37-20-12-11-17-6-1-2-7-18(17)14-20/h1-15,24-26H,16H2,(H,37,40)/t24-,25-,26+/m0/s1. The molecule has 3 aromatic carbocycles. The van der Waals surface area contributed by atoms with Gasteiger partial charge in [-0.15, -0.1) is 0 Å². The van der Waals surface area contributed by atoms with Gasteiger partial charge in [0.2, 0.25) is 17.7 Å². The maximum Gasteiger partial charge on any atom is 0.418 e. The van der Waals surface area contributed by atoms with Gasteiger partial charge >= 0.3 is 11.0 Å². The number of benzene rings is 3. The van der Waals surface area contributed by atoms with Gasteiger partial charge in [0, 0.05) is 28.9 Å². The first-order valence-electron chi connectivity index (χ1n) is 13.7. The van der Waals surface area contributed by atoms with Crippen LogP contribution in [-0.2, 0) is 27.1 Å².